The van der Waals surface area contributed by atoms with E-state index in [-0.39, 0.29) is 0 Å². The summed E-state index contributed by atoms with van der Waals surface area (Å²) in [6.45, 7) is 9.01. The van der Waals surface area contributed by atoms with E-state index in [0.29, 0.717) is 11.4 Å². The van der Waals surface area contributed by atoms with Crippen LogP contribution in [0.2, 0.25) is 0 Å². The molecule has 0 bridgehead atoms. The zero-order valence-electron chi connectivity index (χ0n) is 10.3. The molecule has 0 amide bonds. The van der Waals surface area contributed by atoms with Crippen molar-refractivity contribution in [3.8, 4) is 0 Å². The van der Waals surface area contributed by atoms with Crippen LogP contribution in [0.4, 0.5) is 11.9 Å². The summed E-state index contributed by atoms with van der Waals surface area (Å²) in [7, 11) is 0. The Bertz CT molecular complexity index is 344. The van der Waals surface area contributed by atoms with E-state index in [1.807, 2.05) is 0 Å². The molecular formula is C11H21N5. The highest BCUT2D eigenvalue weighted by atomic mass is 15.4. The Morgan fingerprint density at radius 1 is 1.31 bits per heavy atom. The van der Waals surface area contributed by atoms with Crippen LogP contribution in [0.1, 0.15) is 33.6 Å². The molecule has 2 rings (SSSR count). The first-order valence-corrected chi connectivity index (χ1v) is 5.89. The van der Waals surface area contributed by atoms with Crippen LogP contribution in [0.25, 0.3) is 0 Å². The molecule has 0 spiro atoms. The van der Waals surface area contributed by atoms with Gasteiger partial charge in [0.25, 0.3) is 0 Å². The standard InChI is InChI=1S/C11H21N5/c1-11(2,3)8-4-6-16(7-5-8)10-13-9(12)14-15-10/h8H,4-7H2,1-3H3,(H3,12,13,14,15). The molecule has 0 aliphatic carbocycles. The molecule has 1 fully saturated rings. The van der Waals surface area contributed by atoms with Gasteiger partial charge in [0.2, 0.25) is 11.9 Å². The first-order chi connectivity index (χ1) is 7.47. The maximum Gasteiger partial charge on any atom is 0.246 e. The van der Waals surface area contributed by atoms with Crippen molar-refractivity contribution in [3.63, 3.8) is 0 Å². The second-order valence-corrected chi connectivity index (χ2v) is 5.65. The number of nitrogen functional groups attached to an aromatic ring is 1. The van der Waals surface area contributed by atoms with Crippen LogP contribution in [-0.2, 0) is 0 Å². The van der Waals surface area contributed by atoms with Crippen LogP contribution >= 0.6 is 0 Å². The Morgan fingerprint density at radius 2 is 1.94 bits per heavy atom. The molecule has 2 heterocycles. The monoisotopic (exact) mass is 223 g/mol. The fourth-order valence-corrected chi connectivity index (χ4v) is 2.35. The van der Waals surface area contributed by atoms with Crippen LogP contribution in [0.15, 0.2) is 0 Å². The molecule has 1 aliphatic rings. The van der Waals surface area contributed by atoms with E-state index in [2.05, 4.69) is 40.9 Å². The van der Waals surface area contributed by atoms with Gasteiger partial charge in [-0.25, -0.2) is 5.10 Å². The van der Waals surface area contributed by atoms with Crippen LogP contribution in [0.3, 0.4) is 0 Å². The van der Waals surface area contributed by atoms with E-state index in [9.17, 15) is 0 Å². The fraction of sp³-hybridized carbons (Fsp3) is 0.818. The average Bonchev–Trinajstić information content (AvgIpc) is 2.64. The van der Waals surface area contributed by atoms with Crippen LogP contribution in [0, 0.1) is 11.3 Å². The second-order valence-electron chi connectivity index (χ2n) is 5.65. The Kier molecular flexibility index (Phi) is 2.78. The number of rotatable bonds is 1. The summed E-state index contributed by atoms with van der Waals surface area (Å²) in [4.78, 5) is 6.36. The molecule has 1 saturated heterocycles. The summed E-state index contributed by atoms with van der Waals surface area (Å²) < 4.78 is 0. The van der Waals surface area contributed by atoms with E-state index >= 15 is 0 Å². The van der Waals surface area contributed by atoms with Crippen molar-refractivity contribution >= 4 is 11.9 Å². The van der Waals surface area contributed by atoms with Crippen molar-refractivity contribution in [2.24, 2.45) is 11.3 Å². The molecule has 0 aromatic carbocycles. The summed E-state index contributed by atoms with van der Waals surface area (Å²) in [5.74, 6) is 1.93. The van der Waals surface area contributed by atoms with Crippen LogP contribution < -0.4 is 10.6 Å². The van der Waals surface area contributed by atoms with Crippen molar-refractivity contribution in [3.05, 3.63) is 0 Å². The summed E-state index contributed by atoms with van der Waals surface area (Å²) in [6.07, 6.45) is 2.41. The van der Waals surface area contributed by atoms with Gasteiger partial charge in [0.15, 0.2) is 0 Å². The lowest BCUT2D eigenvalue weighted by Crippen LogP contribution is -2.38. The number of hydrogen-bond donors (Lipinski definition) is 2. The number of H-pyrrole nitrogens is 1. The molecule has 1 aromatic rings. The van der Waals surface area contributed by atoms with Crippen LogP contribution in [-0.4, -0.2) is 28.3 Å². The van der Waals surface area contributed by atoms with Crippen molar-refractivity contribution in [2.75, 3.05) is 23.7 Å². The topological polar surface area (TPSA) is 70.8 Å². The number of nitrogens with zero attached hydrogens (tertiary/aromatic N) is 3. The van der Waals surface area contributed by atoms with E-state index in [1.165, 1.54) is 12.8 Å². The molecule has 16 heavy (non-hydrogen) atoms. The molecule has 3 N–H and O–H groups in total. The number of aromatic amines is 1. The van der Waals surface area contributed by atoms with E-state index < -0.39 is 0 Å². The molecular weight excluding hydrogens is 202 g/mol. The van der Waals surface area contributed by atoms with Gasteiger partial charge in [-0.05, 0) is 24.2 Å². The predicted octanol–water partition coefficient (Wildman–Crippen LogP) is 1.65. The SMILES string of the molecule is CC(C)(C)C1CCN(c2n[nH]c(N)n2)CC1. The van der Waals surface area contributed by atoms with E-state index in [4.69, 9.17) is 5.73 Å². The molecule has 1 aromatic heterocycles. The number of piperidine rings is 1. The van der Waals surface area contributed by atoms with E-state index in [0.717, 1.165) is 25.0 Å². The largest absolute Gasteiger partial charge is 0.368 e. The van der Waals surface area contributed by atoms with Gasteiger partial charge in [-0.2, -0.15) is 4.98 Å². The number of nitrogens with two attached hydrogens (primary N) is 1. The van der Waals surface area contributed by atoms with Gasteiger partial charge < -0.3 is 10.6 Å². The Labute approximate surface area is 96.4 Å². The molecule has 0 atom stereocenters. The molecule has 5 nitrogen and oxygen atoms in total. The van der Waals surface area contributed by atoms with Crippen molar-refractivity contribution in [2.45, 2.75) is 33.6 Å². The maximum atomic E-state index is 5.53. The highest BCUT2D eigenvalue weighted by Crippen LogP contribution is 2.34. The van der Waals surface area contributed by atoms with Gasteiger partial charge in [-0.15, -0.1) is 5.10 Å². The summed E-state index contributed by atoms with van der Waals surface area (Å²) in [5.41, 5.74) is 5.93. The van der Waals surface area contributed by atoms with Crippen molar-refractivity contribution in [1.82, 2.24) is 15.2 Å². The Hall–Kier alpha value is -1.26. The molecule has 0 radical (unpaired) electrons. The third-order valence-corrected chi connectivity index (χ3v) is 3.49. The quantitative estimate of drug-likeness (QED) is 0.759. The van der Waals surface area contributed by atoms with Gasteiger partial charge in [0.1, 0.15) is 0 Å². The first-order valence-electron chi connectivity index (χ1n) is 5.89. The first kappa shape index (κ1) is 11.2. The minimum Gasteiger partial charge on any atom is -0.368 e. The van der Waals surface area contributed by atoms with Gasteiger partial charge in [-0.3, -0.25) is 0 Å². The maximum absolute atomic E-state index is 5.53. The summed E-state index contributed by atoms with van der Waals surface area (Å²) >= 11 is 0. The summed E-state index contributed by atoms with van der Waals surface area (Å²) in [5, 5.41) is 6.77. The smallest absolute Gasteiger partial charge is 0.246 e. The molecule has 90 valence electrons. The molecule has 1 aliphatic heterocycles. The number of nitrogens with one attached hydrogen (secondary N) is 1. The normalized spacial score (nSPS) is 19.1. The lowest BCUT2D eigenvalue weighted by Gasteiger charge is -2.38. The van der Waals surface area contributed by atoms with Crippen molar-refractivity contribution < 1.29 is 0 Å². The van der Waals surface area contributed by atoms with Gasteiger partial charge >= 0.3 is 0 Å². The molecule has 5 heteroatoms. The van der Waals surface area contributed by atoms with Crippen LogP contribution in [0.5, 0.6) is 0 Å². The zero-order valence-corrected chi connectivity index (χ0v) is 10.3. The van der Waals surface area contributed by atoms with Gasteiger partial charge in [0, 0.05) is 13.1 Å². The van der Waals surface area contributed by atoms with Gasteiger partial charge in [0.05, 0.1) is 0 Å². The van der Waals surface area contributed by atoms with Crippen molar-refractivity contribution in [1.29, 1.82) is 0 Å². The molecule has 0 saturated carbocycles. The third kappa shape index (κ3) is 2.28. The predicted molar refractivity (Wildman–Crippen MR) is 65.2 cm³/mol. The minimum atomic E-state index is 0.396. The Balaban J connectivity index is 1.95. The number of aromatic nitrogens is 3. The lowest BCUT2D eigenvalue weighted by atomic mass is 9.75. The second kappa shape index (κ2) is 3.96. The number of anilines is 2. The average molecular weight is 223 g/mol. The highest BCUT2D eigenvalue weighted by molar-refractivity contribution is 5.34. The Morgan fingerprint density at radius 3 is 2.38 bits per heavy atom. The van der Waals surface area contributed by atoms with E-state index in [1.54, 1.807) is 0 Å². The minimum absolute atomic E-state index is 0.396. The van der Waals surface area contributed by atoms with Gasteiger partial charge in [-0.1, -0.05) is 20.8 Å². The zero-order chi connectivity index (χ0) is 11.8. The fourth-order valence-electron chi connectivity index (χ4n) is 2.35. The molecule has 0 unspecified atom stereocenters. The summed E-state index contributed by atoms with van der Waals surface area (Å²) in [6, 6.07) is 0. The number of hydrogen-bond acceptors (Lipinski definition) is 4. The third-order valence-electron chi connectivity index (χ3n) is 3.49. The highest BCUT2D eigenvalue weighted by Gasteiger charge is 2.29. The lowest BCUT2D eigenvalue weighted by molar-refractivity contribution is 0.198.